The van der Waals surface area contributed by atoms with Gasteiger partial charge < -0.3 is 14.8 Å². The molecule has 30 heavy (non-hydrogen) atoms. The Hall–Kier alpha value is -3.94. The van der Waals surface area contributed by atoms with Gasteiger partial charge in [0, 0.05) is 11.5 Å². The summed E-state index contributed by atoms with van der Waals surface area (Å²) >= 11 is 0. The highest BCUT2D eigenvalue weighted by atomic mass is 16.5. The summed E-state index contributed by atoms with van der Waals surface area (Å²) in [5, 5.41) is 11.9. The van der Waals surface area contributed by atoms with E-state index in [1.807, 2.05) is 55.5 Å². The average Bonchev–Trinajstić information content (AvgIpc) is 3.12. The van der Waals surface area contributed by atoms with Gasteiger partial charge in [0.15, 0.2) is 5.82 Å². The minimum atomic E-state index is -0.300. The number of nitrogens with zero attached hydrogens (tertiary/aromatic N) is 4. The lowest BCUT2D eigenvalue weighted by Crippen LogP contribution is -2.14. The monoisotopic (exact) mass is 403 g/mol. The number of carbonyl (C=O) groups excluding carboxylic acids is 1. The minimum absolute atomic E-state index is 0.300. The molecular formula is C22H21N5O3. The van der Waals surface area contributed by atoms with Crippen LogP contribution in [0, 0.1) is 6.92 Å². The van der Waals surface area contributed by atoms with Crippen LogP contribution in [-0.2, 0) is 6.54 Å². The first kappa shape index (κ1) is 19.4. The van der Waals surface area contributed by atoms with Crippen molar-refractivity contribution in [2.75, 3.05) is 19.5 Å². The summed E-state index contributed by atoms with van der Waals surface area (Å²) in [6.07, 6.45) is 0. The number of para-hydroxylation sites is 1. The Morgan fingerprint density at radius 3 is 2.57 bits per heavy atom. The molecule has 152 valence electrons. The van der Waals surface area contributed by atoms with E-state index in [2.05, 4.69) is 20.6 Å². The van der Waals surface area contributed by atoms with Crippen LogP contribution in [0.4, 0.5) is 5.82 Å². The first-order chi connectivity index (χ1) is 14.6. The van der Waals surface area contributed by atoms with E-state index >= 15 is 0 Å². The van der Waals surface area contributed by atoms with Crippen molar-refractivity contribution in [1.82, 2.24) is 20.0 Å². The molecule has 0 saturated heterocycles. The van der Waals surface area contributed by atoms with Gasteiger partial charge in [-0.1, -0.05) is 35.5 Å². The highest BCUT2D eigenvalue weighted by Gasteiger charge is 2.17. The van der Waals surface area contributed by atoms with Crippen molar-refractivity contribution in [3.63, 3.8) is 0 Å². The van der Waals surface area contributed by atoms with E-state index in [9.17, 15) is 4.79 Å². The van der Waals surface area contributed by atoms with Crippen LogP contribution in [0.1, 0.15) is 21.6 Å². The van der Waals surface area contributed by atoms with Crippen LogP contribution in [0.25, 0.3) is 10.9 Å². The molecule has 0 saturated carbocycles. The summed E-state index contributed by atoms with van der Waals surface area (Å²) in [5.74, 6) is 1.28. The number of rotatable bonds is 6. The van der Waals surface area contributed by atoms with Crippen molar-refractivity contribution in [3.05, 3.63) is 71.4 Å². The maximum Gasteiger partial charge on any atom is 0.257 e. The van der Waals surface area contributed by atoms with Gasteiger partial charge in [0.25, 0.3) is 5.91 Å². The molecule has 1 amide bonds. The van der Waals surface area contributed by atoms with E-state index in [1.54, 1.807) is 17.9 Å². The number of amides is 1. The molecule has 8 heteroatoms. The summed E-state index contributed by atoms with van der Waals surface area (Å²) in [6.45, 7) is 2.40. The smallest absolute Gasteiger partial charge is 0.257 e. The van der Waals surface area contributed by atoms with Gasteiger partial charge in [-0.05, 0) is 30.7 Å². The van der Waals surface area contributed by atoms with Crippen LogP contribution in [0.2, 0.25) is 0 Å². The van der Waals surface area contributed by atoms with Crippen molar-refractivity contribution in [2.24, 2.45) is 0 Å². The van der Waals surface area contributed by atoms with Gasteiger partial charge in [0.1, 0.15) is 5.75 Å². The quantitative estimate of drug-likeness (QED) is 0.530. The van der Waals surface area contributed by atoms with Gasteiger partial charge in [-0.25, -0.2) is 9.67 Å². The second-order valence-electron chi connectivity index (χ2n) is 6.71. The van der Waals surface area contributed by atoms with E-state index < -0.39 is 0 Å². The molecule has 2 heterocycles. The second kappa shape index (κ2) is 8.20. The van der Waals surface area contributed by atoms with Gasteiger partial charge in [-0.3, -0.25) is 4.79 Å². The van der Waals surface area contributed by atoms with Crippen LogP contribution in [0.3, 0.4) is 0 Å². The van der Waals surface area contributed by atoms with Gasteiger partial charge in [0.2, 0.25) is 5.88 Å². The largest absolute Gasteiger partial charge is 0.497 e. The Labute approximate surface area is 173 Å². The van der Waals surface area contributed by atoms with E-state index in [0.29, 0.717) is 29.3 Å². The number of methoxy groups -OCH3 is 2. The predicted octanol–water partition coefficient (Wildman–Crippen LogP) is 3.45. The maximum absolute atomic E-state index is 13.0. The third-order valence-corrected chi connectivity index (χ3v) is 4.85. The average molecular weight is 403 g/mol. The fraction of sp³-hybridized carbons (Fsp3) is 0.182. The van der Waals surface area contributed by atoms with Gasteiger partial charge in [-0.15, -0.1) is 5.10 Å². The van der Waals surface area contributed by atoms with Crippen LogP contribution in [0.5, 0.6) is 11.6 Å². The molecule has 0 bridgehead atoms. The lowest BCUT2D eigenvalue weighted by molar-refractivity contribution is 0.102. The zero-order valence-corrected chi connectivity index (χ0v) is 16.9. The molecule has 2 aromatic heterocycles. The van der Waals surface area contributed by atoms with Crippen LogP contribution in [0.15, 0.2) is 54.6 Å². The third kappa shape index (κ3) is 3.80. The molecule has 0 aliphatic rings. The van der Waals surface area contributed by atoms with E-state index in [-0.39, 0.29) is 5.91 Å². The Morgan fingerprint density at radius 1 is 1.07 bits per heavy atom. The van der Waals surface area contributed by atoms with E-state index in [4.69, 9.17) is 9.47 Å². The van der Waals surface area contributed by atoms with Crippen molar-refractivity contribution in [2.45, 2.75) is 13.5 Å². The Balaban J connectivity index is 1.58. The maximum atomic E-state index is 13.0. The number of ether oxygens (including phenoxy) is 2. The molecule has 0 fully saturated rings. The summed E-state index contributed by atoms with van der Waals surface area (Å²) in [4.78, 5) is 17.4. The lowest BCUT2D eigenvalue weighted by Gasteiger charge is -2.09. The summed E-state index contributed by atoms with van der Waals surface area (Å²) in [5.41, 5.74) is 2.94. The van der Waals surface area contributed by atoms with Crippen molar-refractivity contribution in [1.29, 1.82) is 0 Å². The van der Waals surface area contributed by atoms with Gasteiger partial charge >= 0.3 is 0 Å². The number of carbonyl (C=O) groups is 1. The molecule has 0 aliphatic carbocycles. The highest BCUT2D eigenvalue weighted by molar-refractivity contribution is 6.12. The second-order valence-corrected chi connectivity index (χ2v) is 6.71. The van der Waals surface area contributed by atoms with Crippen LogP contribution < -0.4 is 14.8 Å². The molecule has 0 spiro atoms. The first-order valence-electron chi connectivity index (χ1n) is 9.37. The van der Waals surface area contributed by atoms with E-state index in [0.717, 1.165) is 22.4 Å². The first-order valence-corrected chi connectivity index (χ1v) is 9.37. The van der Waals surface area contributed by atoms with Crippen molar-refractivity contribution >= 4 is 22.6 Å². The number of anilines is 1. The molecule has 0 atom stereocenters. The number of fused-ring (bicyclic) bond motifs is 1. The SMILES string of the molecule is COc1ccc(Cn2nnc(NC(=O)c3cc(OC)nc4ccccc34)c2C)cc1. The van der Waals surface area contributed by atoms with Crippen LogP contribution >= 0.6 is 0 Å². The third-order valence-electron chi connectivity index (χ3n) is 4.85. The number of nitrogens with one attached hydrogen (secondary N) is 1. The molecular weight excluding hydrogens is 382 g/mol. The molecule has 0 radical (unpaired) electrons. The predicted molar refractivity (Wildman–Crippen MR) is 113 cm³/mol. The zero-order chi connectivity index (χ0) is 21.1. The summed E-state index contributed by atoms with van der Waals surface area (Å²) in [7, 11) is 3.15. The van der Waals surface area contributed by atoms with Crippen LogP contribution in [-0.4, -0.2) is 40.1 Å². The van der Waals surface area contributed by atoms with Crippen molar-refractivity contribution in [3.8, 4) is 11.6 Å². The van der Waals surface area contributed by atoms with Gasteiger partial charge in [0.05, 0.1) is 37.5 Å². The normalized spacial score (nSPS) is 10.8. The fourth-order valence-electron chi connectivity index (χ4n) is 3.15. The van der Waals surface area contributed by atoms with Gasteiger partial charge in [-0.2, -0.15) is 0 Å². The number of hydrogen-bond acceptors (Lipinski definition) is 6. The highest BCUT2D eigenvalue weighted by Crippen LogP contribution is 2.23. The fourth-order valence-corrected chi connectivity index (χ4v) is 3.15. The molecule has 4 aromatic rings. The number of aromatic nitrogens is 4. The molecule has 0 unspecified atom stereocenters. The number of benzene rings is 2. The lowest BCUT2D eigenvalue weighted by atomic mass is 10.1. The van der Waals surface area contributed by atoms with Crippen molar-refractivity contribution < 1.29 is 14.3 Å². The Bertz CT molecular complexity index is 1200. The topological polar surface area (TPSA) is 91.2 Å². The number of hydrogen-bond donors (Lipinski definition) is 1. The zero-order valence-electron chi connectivity index (χ0n) is 16.9. The summed E-state index contributed by atoms with van der Waals surface area (Å²) in [6, 6.07) is 16.8. The Morgan fingerprint density at radius 2 is 1.83 bits per heavy atom. The molecule has 4 rings (SSSR count). The Kier molecular flexibility index (Phi) is 5.30. The standard InChI is InChI=1S/C22H21N5O3/c1-14-21(25-26-27(14)13-15-8-10-16(29-2)11-9-15)24-22(28)18-12-20(30-3)23-19-7-5-4-6-17(18)19/h4-12H,13H2,1-3H3,(H,24,28). The van der Waals surface area contributed by atoms with E-state index in [1.165, 1.54) is 7.11 Å². The molecule has 8 nitrogen and oxygen atoms in total. The molecule has 1 N–H and O–H groups in total. The molecule has 0 aliphatic heterocycles. The minimum Gasteiger partial charge on any atom is -0.497 e. The summed E-state index contributed by atoms with van der Waals surface area (Å²) < 4.78 is 12.2. The molecule has 2 aromatic carbocycles. The number of pyridine rings is 1.